The molecule has 5 aromatic rings. The Morgan fingerprint density at radius 1 is 0.783 bits per heavy atom. The smallest absolute Gasteiger partial charge is 0.270 e. The van der Waals surface area contributed by atoms with Crippen molar-refractivity contribution < 1.29 is 53.6 Å². The third-order valence-electron chi connectivity index (χ3n) is 7.51. The highest BCUT2D eigenvalue weighted by molar-refractivity contribution is 5.92. The molecule has 0 saturated carbocycles. The Hall–Kier alpha value is -6.01. The number of benzene rings is 4. The van der Waals surface area contributed by atoms with Gasteiger partial charge in [0.2, 0.25) is 11.2 Å². The Bertz CT molecular complexity index is 2080. The van der Waals surface area contributed by atoms with Gasteiger partial charge in [0.1, 0.15) is 28.6 Å². The first kappa shape index (κ1) is 30.0. The van der Waals surface area contributed by atoms with Crippen LogP contribution in [0.25, 0.3) is 33.9 Å². The molecule has 0 fully saturated rings. The zero-order valence-electron chi connectivity index (χ0n) is 24.7. The molecule has 0 bridgehead atoms. The summed E-state index contributed by atoms with van der Waals surface area (Å²) < 4.78 is 32.9. The lowest BCUT2D eigenvalue weighted by molar-refractivity contribution is -0.116. The Morgan fingerprint density at radius 2 is 1.54 bits per heavy atom. The van der Waals surface area contributed by atoms with Gasteiger partial charge in [0.25, 0.3) is 5.79 Å². The normalized spacial score (nSPS) is 15.9. The molecular formula is C34H28O12. The van der Waals surface area contributed by atoms with E-state index in [-0.39, 0.29) is 40.4 Å². The molecule has 5 N–H and O–H groups in total. The molecule has 1 atom stereocenters. The molecule has 0 aliphatic carbocycles. The van der Waals surface area contributed by atoms with Crippen molar-refractivity contribution in [1.82, 2.24) is 0 Å². The summed E-state index contributed by atoms with van der Waals surface area (Å²) in [5.41, 5.74) is 1.83. The van der Waals surface area contributed by atoms with E-state index in [0.29, 0.717) is 39.9 Å². The summed E-state index contributed by atoms with van der Waals surface area (Å²) in [5, 5.41) is 49.3. The topological polar surface area (TPSA) is 178 Å². The number of fused-ring (bicyclic) bond motifs is 5. The van der Waals surface area contributed by atoms with Gasteiger partial charge in [-0.25, -0.2) is 0 Å². The van der Waals surface area contributed by atoms with Gasteiger partial charge in [-0.2, -0.15) is 0 Å². The van der Waals surface area contributed by atoms with Gasteiger partial charge in [0, 0.05) is 40.5 Å². The van der Waals surface area contributed by atoms with E-state index in [4.69, 9.17) is 28.1 Å². The van der Waals surface area contributed by atoms with Gasteiger partial charge in [0.15, 0.2) is 35.4 Å². The number of methoxy groups -OCH3 is 3. The maximum absolute atomic E-state index is 12.1. The molecule has 2 aliphatic heterocycles. The second-order valence-electron chi connectivity index (χ2n) is 10.3. The maximum atomic E-state index is 12.1. The van der Waals surface area contributed by atoms with Crippen molar-refractivity contribution in [3.63, 3.8) is 0 Å². The van der Waals surface area contributed by atoms with Crippen LogP contribution in [0.5, 0.6) is 51.7 Å². The summed E-state index contributed by atoms with van der Waals surface area (Å²) in [6.07, 6.45) is 1.89. The maximum Gasteiger partial charge on any atom is 0.270 e. The van der Waals surface area contributed by atoms with Crippen LogP contribution in [0.3, 0.4) is 0 Å². The van der Waals surface area contributed by atoms with E-state index in [1.807, 2.05) is 18.2 Å². The molecule has 0 spiro atoms. The largest absolute Gasteiger partial charge is 0.508 e. The molecule has 12 heteroatoms. The van der Waals surface area contributed by atoms with Crippen molar-refractivity contribution >= 4 is 22.6 Å². The zero-order valence-corrected chi connectivity index (χ0v) is 24.7. The molecule has 7 rings (SSSR count). The number of aliphatic hydroxyl groups is 1. The first-order valence-electron chi connectivity index (χ1n) is 13.8. The molecule has 4 aromatic carbocycles. The Kier molecular flexibility index (Phi) is 7.50. The van der Waals surface area contributed by atoms with Gasteiger partial charge < -0.3 is 53.6 Å². The first-order chi connectivity index (χ1) is 22.0. The van der Waals surface area contributed by atoms with E-state index in [0.717, 1.165) is 11.6 Å². The van der Waals surface area contributed by atoms with Crippen molar-refractivity contribution in [2.75, 3.05) is 27.9 Å². The van der Waals surface area contributed by atoms with Crippen LogP contribution in [-0.2, 0) is 0 Å². The standard InChI is InChI=1S/C19H18O6.C15H10O6/c1-21-12-5-4-11-6-14-13-8-17(22-2)18(23-3)9-16(13)24-10-19(14,20)25-15(11)7-12;16-8-2-3-9-12(6-8)21-15(14(20)13(9)19)7-1-4-10(17)11(18)5-7/h4-9,20H,10H2,1-3H3;1-6,16-18,20H. The summed E-state index contributed by atoms with van der Waals surface area (Å²) >= 11 is 0. The highest BCUT2D eigenvalue weighted by atomic mass is 16.7. The van der Waals surface area contributed by atoms with E-state index in [2.05, 4.69) is 0 Å². The van der Waals surface area contributed by atoms with Crippen LogP contribution in [0, 0.1) is 0 Å². The molecule has 0 radical (unpaired) electrons. The third-order valence-corrected chi connectivity index (χ3v) is 7.51. The minimum atomic E-state index is -1.58. The Morgan fingerprint density at radius 3 is 2.26 bits per heavy atom. The van der Waals surface area contributed by atoms with E-state index in [1.54, 1.807) is 39.5 Å². The Balaban J connectivity index is 0.000000164. The highest BCUT2D eigenvalue weighted by Crippen LogP contribution is 2.49. The van der Waals surface area contributed by atoms with Gasteiger partial charge >= 0.3 is 0 Å². The number of phenolic OH excluding ortho intramolecular Hbond substituents is 3. The second-order valence-corrected chi connectivity index (χ2v) is 10.3. The molecule has 0 amide bonds. The molecule has 2 aliphatic rings. The summed E-state index contributed by atoms with van der Waals surface area (Å²) in [5.74, 6) is -0.266. The number of phenols is 3. The monoisotopic (exact) mass is 628 g/mol. The average Bonchev–Trinajstić information content (AvgIpc) is 3.05. The zero-order chi connectivity index (χ0) is 32.7. The van der Waals surface area contributed by atoms with Crippen LogP contribution in [0.2, 0.25) is 0 Å². The molecule has 46 heavy (non-hydrogen) atoms. The Labute approximate surface area is 261 Å². The highest BCUT2D eigenvalue weighted by Gasteiger charge is 2.44. The van der Waals surface area contributed by atoms with Crippen molar-refractivity contribution in [3.05, 3.63) is 88.1 Å². The van der Waals surface area contributed by atoms with E-state index in [1.165, 1.54) is 30.3 Å². The minimum Gasteiger partial charge on any atom is -0.508 e. The number of ether oxygens (including phenoxy) is 5. The van der Waals surface area contributed by atoms with Crippen molar-refractivity contribution in [2.24, 2.45) is 0 Å². The van der Waals surface area contributed by atoms with Gasteiger partial charge in [-0.05, 0) is 54.6 Å². The molecule has 1 unspecified atom stereocenters. The van der Waals surface area contributed by atoms with Gasteiger partial charge in [-0.15, -0.1) is 0 Å². The predicted octanol–water partition coefficient (Wildman–Crippen LogP) is 5.01. The van der Waals surface area contributed by atoms with Crippen LogP contribution >= 0.6 is 0 Å². The lowest BCUT2D eigenvalue weighted by Crippen LogP contribution is -2.47. The summed E-state index contributed by atoms with van der Waals surface area (Å²) in [6, 6.07) is 16.6. The van der Waals surface area contributed by atoms with E-state index >= 15 is 0 Å². The van der Waals surface area contributed by atoms with Crippen molar-refractivity contribution in [2.45, 2.75) is 5.79 Å². The summed E-state index contributed by atoms with van der Waals surface area (Å²) in [7, 11) is 4.71. The number of aromatic hydroxyl groups is 4. The fourth-order valence-corrected chi connectivity index (χ4v) is 5.15. The predicted molar refractivity (Wildman–Crippen MR) is 166 cm³/mol. The quantitative estimate of drug-likeness (QED) is 0.168. The van der Waals surface area contributed by atoms with Crippen LogP contribution in [0.15, 0.2) is 75.9 Å². The molecule has 1 aromatic heterocycles. The number of hydrogen-bond donors (Lipinski definition) is 5. The number of hydrogen-bond acceptors (Lipinski definition) is 12. The molecule has 0 saturated heterocycles. The molecule has 3 heterocycles. The SMILES string of the molecule is COc1ccc2c(c1)OC1(O)COc3cc(OC)c(OC)cc3C1=C2.O=c1c(O)c(-c2ccc(O)c(O)c2)oc2cc(O)ccc12. The second kappa shape index (κ2) is 11.5. The fraction of sp³-hybridized carbons (Fsp3) is 0.147. The van der Waals surface area contributed by atoms with Crippen LogP contribution in [0.4, 0.5) is 0 Å². The van der Waals surface area contributed by atoms with Gasteiger partial charge in [-0.3, -0.25) is 4.79 Å². The van der Waals surface area contributed by atoms with E-state index < -0.39 is 22.7 Å². The number of rotatable bonds is 4. The summed E-state index contributed by atoms with van der Waals surface area (Å²) in [6.45, 7) is -0.0298. The first-order valence-corrected chi connectivity index (χ1v) is 13.8. The van der Waals surface area contributed by atoms with E-state index in [9.17, 15) is 30.3 Å². The molecule has 236 valence electrons. The van der Waals surface area contributed by atoms with Crippen molar-refractivity contribution in [1.29, 1.82) is 0 Å². The van der Waals surface area contributed by atoms with Gasteiger partial charge in [0.05, 0.1) is 26.7 Å². The summed E-state index contributed by atoms with van der Waals surface area (Å²) in [4.78, 5) is 12.1. The van der Waals surface area contributed by atoms with Crippen LogP contribution in [-0.4, -0.2) is 59.3 Å². The van der Waals surface area contributed by atoms with Gasteiger partial charge in [-0.1, -0.05) is 0 Å². The lowest BCUT2D eigenvalue weighted by atomic mass is 9.90. The van der Waals surface area contributed by atoms with Crippen LogP contribution in [0.1, 0.15) is 11.1 Å². The molecular weight excluding hydrogens is 600 g/mol. The van der Waals surface area contributed by atoms with Crippen LogP contribution < -0.4 is 29.1 Å². The van der Waals surface area contributed by atoms with Crippen molar-refractivity contribution in [3.8, 4) is 63.1 Å². The molecule has 12 nitrogen and oxygen atoms in total. The lowest BCUT2D eigenvalue weighted by Gasteiger charge is -2.39. The minimum absolute atomic E-state index is 0.0298. The average molecular weight is 629 g/mol. The fourth-order valence-electron chi connectivity index (χ4n) is 5.15. The third kappa shape index (κ3) is 5.20.